The van der Waals surface area contributed by atoms with Crippen molar-refractivity contribution in [2.75, 3.05) is 0 Å². The number of aromatic amines is 2. The van der Waals surface area contributed by atoms with Gasteiger partial charge in [-0.2, -0.15) is 5.10 Å². The summed E-state index contributed by atoms with van der Waals surface area (Å²) in [6.45, 7) is 2.05. The number of imidazole rings is 1. The number of amides is 1. The second-order valence-corrected chi connectivity index (χ2v) is 8.31. The molecule has 4 N–H and O–H groups in total. The van der Waals surface area contributed by atoms with Crippen molar-refractivity contribution in [3.63, 3.8) is 0 Å². The number of carbonyl (C=O) groups excluding carboxylic acids is 2. The molecule has 0 saturated heterocycles. The lowest BCUT2D eigenvalue weighted by molar-refractivity contribution is -0.120. The third kappa shape index (κ3) is 3.70. The molecule has 164 valence electrons. The van der Waals surface area contributed by atoms with Crippen LogP contribution in [0.3, 0.4) is 0 Å². The van der Waals surface area contributed by atoms with E-state index < -0.39 is 5.92 Å². The average Bonchev–Trinajstić information content (AvgIpc) is 3.48. The Morgan fingerprint density at radius 3 is 2.88 bits per heavy atom. The molecule has 4 heterocycles. The minimum atomic E-state index is -0.521. The van der Waals surface area contributed by atoms with Gasteiger partial charge in [-0.15, -0.1) is 0 Å². The number of allylic oxidation sites excluding steroid dienone is 1. The molecule has 5 rings (SSSR count). The third-order valence-electron chi connectivity index (χ3n) is 6.33. The molecular weight excluding hydrogens is 406 g/mol. The van der Waals surface area contributed by atoms with Crippen LogP contribution in [-0.4, -0.2) is 38.6 Å². The lowest BCUT2D eigenvalue weighted by atomic mass is 9.77. The Morgan fingerprint density at radius 1 is 1.31 bits per heavy atom. The monoisotopic (exact) mass is 431 g/mol. The first kappa shape index (κ1) is 20.2. The fourth-order valence-electron chi connectivity index (χ4n) is 4.49. The molecule has 1 fully saturated rings. The standard InChI is InChI=1S/C23H25N7O2/c1-13-15(5-6-19(31)22-26-9-10-27-22)20(14-3-2-4-14)17(29-13)11-18-21(25-8-7-24-18)16-12-28-30-23(16)32/h7-12,14,16,24,29H,2-6H2,1H3,(H,26,27)(H,30,32). The topological polar surface area (TPSA) is 127 Å². The number of nitrogens with one attached hydrogen (secondary N) is 4. The zero-order chi connectivity index (χ0) is 22.1. The van der Waals surface area contributed by atoms with Gasteiger partial charge in [0, 0.05) is 48.8 Å². The van der Waals surface area contributed by atoms with E-state index in [1.165, 1.54) is 17.5 Å². The summed E-state index contributed by atoms with van der Waals surface area (Å²) < 4.78 is 0. The van der Waals surface area contributed by atoms with Crippen LogP contribution in [0.5, 0.6) is 0 Å². The van der Waals surface area contributed by atoms with Gasteiger partial charge in [0.1, 0.15) is 5.92 Å². The van der Waals surface area contributed by atoms with Crippen LogP contribution in [0.1, 0.15) is 64.7 Å². The van der Waals surface area contributed by atoms with Crippen LogP contribution in [0.2, 0.25) is 0 Å². The Balaban J connectivity index is 1.46. The first-order chi connectivity index (χ1) is 15.6. The Labute approximate surface area is 185 Å². The van der Waals surface area contributed by atoms with E-state index in [0.717, 1.165) is 29.9 Å². The van der Waals surface area contributed by atoms with Gasteiger partial charge in [0.05, 0.1) is 11.4 Å². The van der Waals surface area contributed by atoms with Crippen molar-refractivity contribution in [3.8, 4) is 0 Å². The minimum Gasteiger partial charge on any atom is -0.359 e. The van der Waals surface area contributed by atoms with E-state index in [1.54, 1.807) is 31.0 Å². The Bertz CT molecular complexity index is 1160. The van der Waals surface area contributed by atoms with E-state index >= 15 is 0 Å². The largest absolute Gasteiger partial charge is 0.359 e. The molecule has 9 nitrogen and oxygen atoms in total. The molecule has 0 bridgehead atoms. The van der Waals surface area contributed by atoms with Gasteiger partial charge in [0.15, 0.2) is 11.6 Å². The molecule has 2 aromatic rings. The van der Waals surface area contributed by atoms with E-state index in [9.17, 15) is 9.59 Å². The molecule has 9 heteroatoms. The number of nitrogens with zero attached hydrogens (tertiary/aromatic N) is 3. The summed E-state index contributed by atoms with van der Waals surface area (Å²) in [5.41, 5.74) is 8.42. The van der Waals surface area contributed by atoms with Gasteiger partial charge in [-0.25, -0.2) is 10.4 Å². The summed E-state index contributed by atoms with van der Waals surface area (Å²) in [7, 11) is 0. The van der Waals surface area contributed by atoms with E-state index in [4.69, 9.17) is 0 Å². The van der Waals surface area contributed by atoms with Crippen molar-refractivity contribution >= 4 is 29.7 Å². The Morgan fingerprint density at radius 2 is 2.19 bits per heavy atom. The number of Topliss-reactive ketones (excluding diaryl/α,β-unsaturated/α-hetero) is 1. The molecule has 1 saturated carbocycles. The number of rotatable bonds is 7. The first-order valence-electron chi connectivity index (χ1n) is 10.9. The summed E-state index contributed by atoms with van der Waals surface area (Å²) in [6, 6.07) is 0. The van der Waals surface area contributed by atoms with Crippen LogP contribution in [0.25, 0.3) is 6.08 Å². The number of hydrazone groups is 1. The van der Waals surface area contributed by atoms with Gasteiger partial charge in [-0.1, -0.05) is 6.42 Å². The van der Waals surface area contributed by atoms with Crippen LogP contribution >= 0.6 is 0 Å². The van der Waals surface area contributed by atoms with Crippen molar-refractivity contribution < 1.29 is 9.59 Å². The van der Waals surface area contributed by atoms with Gasteiger partial charge in [0.2, 0.25) is 0 Å². The highest BCUT2D eigenvalue weighted by atomic mass is 16.2. The van der Waals surface area contributed by atoms with E-state index in [2.05, 4.69) is 42.7 Å². The number of ketones is 1. The average molecular weight is 432 g/mol. The summed E-state index contributed by atoms with van der Waals surface area (Å²) >= 11 is 0. The second kappa shape index (κ2) is 8.41. The summed E-state index contributed by atoms with van der Waals surface area (Å²) in [6.07, 6.45) is 14.8. The maximum atomic E-state index is 12.5. The smallest absolute Gasteiger partial charge is 0.254 e. The molecule has 2 aliphatic heterocycles. The van der Waals surface area contributed by atoms with E-state index in [0.29, 0.717) is 30.3 Å². The normalized spacial score (nSPS) is 21.4. The maximum absolute atomic E-state index is 12.5. The fourth-order valence-corrected chi connectivity index (χ4v) is 4.49. The van der Waals surface area contributed by atoms with Gasteiger partial charge in [-0.3, -0.25) is 14.6 Å². The van der Waals surface area contributed by atoms with Crippen LogP contribution in [0, 0.1) is 12.8 Å². The lowest BCUT2D eigenvalue weighted by Crippen LogP contribution is -2.32. The molecular formula is C23H25N7O2. The van der Waals surface area contributed by atoms with Crippen molar-refractivity contribution in [2.24, 2.45) is 16.0 Å². The number of aryl methyl sites for hydroxylation is 1. The number of aliphatic imine (C=N–C) groups is 1. The van der Waals surface area contributed by atoms with Crippen LogP contribution in [0.15, 0.2) is 40.6 Å². The molecule has 0 radical (unpaired) electrons. The molecule has 1 amide bonds. The number of aromatic nitrogens is 3. The predicted octanol–water partition coefficient (Wildman–Crippen LogP) is 2.72. The van der Waals surface area contributed by atoms with Crippen molar-refractivity contribution in [2.45, 2.75) is 44.9 Å². The summed E-state index contributed by atoms with van der Waals surface area (Å²) in [5.74, 6) is 0.172. The van der Waals surface area contributed by atoms with Crippen molar-refractivity contribution in [3.05, 3.63) is 58.8 Å². The highest BCUT2D eigenvalue weighted by molar-refractivity contribution is 6.24. The molecule has 3 aliphatic rings. The fraction of sp³-hybridized carbons (Fsp3) is 0.348. The zero-order valence-electron chi connectivity index (χ0n) is 17.8. The highest BCUT2D eigenvalue weighted by Crippen LogP contribution is 2.42. The van der Waals surface area contributed by atoms with Crippen molar-refractivity contribution in [1.29, 1.82) is 0 Å². The van der Waals surface area contributed by atoms with Crippen LogP contribution < -0.4 is 10.7 Å². The molecule has 1 aliphatic carbocycles. The minimum absolute atomic E-state index is 0.00935. The molecule has 2 aromatic heterocycles. The predicted molar refractivity (Wildman–Crippen MR) is 121 cm³/mol. The lowest BCUT2D eigenvalue weighted by Gasteiger charge is -2.27. The van der Waals surface area contributed by atoms with E-state index in [1.807, 2.05) is 6.08 Å². The molecule has 1 atom stereocenters. The summed E-state index contributed by atoms with van der Waals surface area (Å²) in [4.78, 5) is 39.6. The number of H-pyrrole nitrogens is 2. The number of hydrogen-bond acceptors (Lipinski definition) is 6. The molecule has 0 aromatic carbocycles. The quantitative estimate of drug-likeness (QED) is 0.503. The zero-order valence-corrected chi connectivity index (χ0v) is 17.8. The molecule has 32 heavy (non-hydrogen) atoms. The number of hydrogen-bond donors (Lipinski definition) is 4. The highest BCUT2D eigenvalue weighted by Gasteiger charge is 2.31. The van der Waals surface area contributed by atoms with Crippen LogP contribution in [0.4, 0.5) is 0 Å². The third-order valence-corrected chi connectivity index (χ3v) is 6.33. The van der Waals surface area contributed by atoms with Crippen LogP contribution in [-0.2, 0) is 11.2 Å². The van der Waals surface area contributed by atoms with Gasteiger partial charge in [0.25, 0.3) is 5.91 Å². The molecule has 0 spiro atoms. The first-order valence-corrected chi connectivity index (χ1v) is 10.9. The van der Waals surface area contributed by atoms with E-state index in [-0.39, 0.29) is 11.7 Å². The van der Waals surface area contributed by atoms with Gasteiger partial charge >= 0.3 is 0 Å². The summed E-state index contributed by atoms with van der Waals surface area (Å²) in [5, 5.41) is 7.12. The Kier molecular flexibility index (Phi) is 5.30. The molecule has 1 unspecified atom stereocenters. The number of carbonyl (C=O) groups is 2. The maximum Gasteiger partial charge on any atom is 0.254 e. The Hall–Kier alpha value is -3.75. The van der Waals surface area contributed by atoms with Crippen molar-refractivity contribution in [1.82, 2.24) is 25.7 Å². The second-order valence-electron chi connectivity index (χ2n) is 8.31. The van der Waals surface area contributed by atoms with Gasteiger partial charge < -0.3 is 15.3 Å². The van der Waals surface area contributed by atoms with Gasteiger partial charge in [-0.05, 0) is 49.3 Å². The SMILES string of the molecule is Cc1[nH]c(C=C2NC=CN=C2C2C=NNC2=O)c(C2CCC2)c1CCC(=O)c1ncc[nH]1.